The Hall–Kier alpha value is -2.28. The van der Waals surface area contributed by atoms with Gasteiger partial charge in [-0.25, -0.2) is 5.48 Å². The van der Waals surface area contributed by atoms with E-state index in [1.165, 1.54) is 0 Å². The molecule has 0 aliphatic heterocycles. The topological polar surface area (TPSA) is 100 Å². The first kappa shape index (κ1) is 15.8. The molecule has 0 radical (unpaired) electrons. The van der Waals surface area contributed by atoms with Gasteiger partial charge in [0.05, 0.1) is 0 Å². The molecule has 0 heterocycles. The molecular weight excluding hydrogens is 262 g/mol. The van der Waals surface area contributed by atoms with E-state index in [4.69, 9.17) is 10.0 Å². The number of rotatable bonds is 6. The van der Waals surface area contributed by atoms with Crippen LogP contribution in [-0.4, -0.2) is 17.0 Å². The monoisotopic (exact) mass is 279 g/mol. The quantitative estimate of drug-likeness (QED) is 0.615. The van der Waals surface area contributed by atoms with Gasteiger partial charge in [0.2, 0.25) is 5.91 Å². The molecule has 1 rings (SSSR count). The fourth-order valence-electron chi connectivity index (χ4n) is 1.69. The summed E-state index contributed by atoms with van der Waals surface area (Å²) in [5.41, 5.74) is 4.07. The molecular formula is C13H17N3O4. The summed E-state index contributed by atoms with van der Waals surface area (Å²) in [5.74, 6) is -0.912. The number of nitrogens with zero attached hydrogens (tertiary/aromatic N) is 2. The molecule has 0 aliphatic carbocycles. The van der Waals surface area contributed by atoms with E-state index in [2.05, 4.69) is 15.9 Å². The first-order chi connectivity index (χ1) is 9.63. The Morgan fingerprint density at radius 1 is 1.35 bits per heavy atom. The minimum Gasteiger partial charge on any atom is -0.394 e. The lowest BCUT2D eigenvalue weighted by molar-refractivity contribution is -0.134. The second-order valence-electron chi connectivity index (χ2n) is 3.96. The predicted octanol–water partition coefficient (Wildman–Crippen LogP) is 2.19. The highest BCUT2D eigenvalue weighted by Gasteiger charge is 2.14. The van der Waals surface area contributed by atoms with Gasteiger partial charge in [-0.1, -0.05) is 31.1 Å². The number of hydroxylamine groups is 1. The average Bonchev–Trinajstić information content (AvgIpc) is 2.47. The molecule has 0 saturated heterocycles. The predicted molar refractivity (Wildman–Crippen MR) is 70.0 cm³/mol. The van der Waals surface area contributed by atoms with Gasteiger partial charge in [0.25, 0.3) is 5.91 Å². The standard InChI is InChI=1S/C13H17N3O4/c1-3-9-6-5-7-10(13(18)14-16-19)11(9)8-20-15-12(17)4-2/h5-7H,3-4,8H2,1-2H3,(H,15,17)(H,14,18,19). The van der Waals surface area contributed by atoms with Crippen LogP contribution < -0.4 is 5.48 Å². The number of amides is 2. The minimum atomic E-state index is -0.664. The van der Waals surface area contributed by atoms with Crippen molar-refractivity contribution in [2.75, 3.05) is 0 Å². The average molecular weight is 279 g/mol. The zero-order valence-electron chi connectivity index (χ0n) is 11.4. The molecule has 7 nitrogen and oxygen atoms in total. The first-order valence-electron chi connectivity index (χ1n) is 6.24. The number of carbonyl (C=O) groups excluding carboxylic acids is 2. The van der Waals surface area contributed by atoms with Gasteiger partial charge < -0.3 is 5.21 Å². The van der Waals surface area contributed by atoms with E-state index in [0.717, 1.165) is 5.56 Å². The molecule has 0 aromatic heterocycles. The van der Waals surface area contributed by atoms with Crippen LogP contribution in [0.2, 0.25) is 0 Å². The second kappa shape index (κ2) is 8.00. The maximum absolute atomic E-state index is 11.7. The summed E-state index contributed by atoms with van der Waals surface area (Å²) in [7, 11) is 0. The van der Waals surface area contributed by atoms with Gasteiger partial charge in [0.15, 0.2) is 0 Å². The van der Waals surface area contributed by atoms with Crippen molar-refractivity contribution in [3.8, 4) is 0 Å². The van der Waals surface area contributed by atoms with Crippen molar-refractivity contribution in [2.24, 2.45) is 10.4 Å². The minimum absolute atomic E-state index is 0.0395. The van der Waals surface area contributed by atoms with Crippen molar-refractivity contribution < 1.29 is 19.6 Å². The van der Waals surface area contributed by atoms with E-state index < -0.39 is 5.91 Å². The summed E-state index contributed by atoms with van der Waals surface area (Å²) in [5, 5.41) is 13.9. The Balaban J connectivity index is 2.95. The summed E-state index contributed by atoms with van der Waals surface area (Å²) in [6.07, 6.45) is 0.998. The van der Waals surface area contributed by atoms with Crippen LogP contribution in [-0.2, 0) is 22.7 Å². The zero-order valence-corrected chi connectivity index (χ0v) is 11.4. The van der Waals surface area contributed by atoms with Crippen LogP contribution in [0.5, 0.6) is 0 Å². The summed E-state index contributed by atoms with van der Waals surface area (Å²) in [6.45, 7) is 3.68. The molecule has 0 bridgehead atoms. The maximum atomic E-state index is 11.7. The van der Waals surface area contributed by atoms with E-state index in [9.17, 15) is 9.59 Å². The lowest BCUT2D eigenvalue weighted by Crippen LogP contribution is -2.23. The fourth-order valence-corrected chi connectivity index (χ4v) is 1.69. The third-order valence-corrected chi connectivity index (χ3v) is 2.74. The van der Waals surface area contributed by atoms with E-state index in [0.29, 0.717) is 18.4 Å². The van der Waals surface area contributed by atoms with Gasteiger partial charge in [-0.2, -0.15) is 0 Å². The highest BCUT2D eigenvalue weighted by atomic mass is 16.6. The number of nitrogens with one attached hydrogen (secondary N) is 1. The Kier molecular flexibility index (Phi) is 6.31. The zero-order chi connectivity index (χ0) is 15.0. The van der Waals surface area contributed by atoms with Crippen LogP contribution in [0, 0.1) is 0 Å². The third kappa shape index (κ3) is 4.13. The Morgan fingerprint density at radius 3 is 2.70 bits per heavy atom. The van der Waals surface area contributed by atoms with Crippen LogP contribution in [0.25, 0.3) is 0 Å². The first-order valence-corrected chi connectivity index (χ1v) is 6.24. The number of carbonyl (C=O) groups is 2. The van der Waals surface area contributed by atoms with E-state index in [1.54, 1.807) is 19.1 Å². The van der Waals surface area contributed by atoms with Gasteiger partial charge in [-0.3, -0.25) is 14.4 Å². The molecule has 0 unspecified atom stereocenters. The Labute approximate surface area is 116 Å². The Bertz CT molecular complexity index is 514. The fraction of sp³-hybridized carbons (Fsp3) is 0.385. The summed E-state index contributed by atoms with van der Waals surface area (Å²) in [4.78, 5) is 27.9. The molecule has 0 spiro atoms. The summed E-state index contributed by atoms with van der Waals surface area (Å²) < 4.78 is 0. The summed E-state index contributed by atoms with van der Waals surface area (Å²) in [6, 6.07) is 5.14. The van der Waals surface area contributed by atoms with Gasteiger partial charge in [0.1, 0.15) is 6.61 Å². The van der Waals surface area contributed by atoms with Crippen molar-refractivity contribution in [2.45, 2.75) is 33.3 Å². The van der Waals surface area contributed by atoms with Gasteiger partial charge in [-0.05, 0) is 23.6 Å². The van der Waals surface area contributed by atoms with E-state index >= 15 is 0 Å². The van der Waals surface area contributed by atoms with Crippen molar-refractivity contribution in [3.63, 3.8) is 0 Å². The molecule has 1 aromatic carbocycles. The van der Waals surface area contributed by atoms with Gasteiger partial charge in [-0.15, -0.1) is 0 Å². The van der Waals surface area contributed by atoms with Crippen LogP contribution in [0.3, 0.4) is 0 Å². The molecule has 20 heavy (non-hydrogen) atoms. The van der Waals surface area contributed by atoms with Crippen LogP contribution in [0.4, 0.5) is 0 Å². The van der Waals surface area contributed by atoms with Gasteiger partial charge >= 0.3 is 0 Å². The molecule has 0 fully saturated rings. The van der Waals surface area contributed by atoms with Crippen molar-refractivity contribution in [1.82, 2.24) is 5.48 Å². The highest BCUT2D eigenvalue weighted by Crippen LogP contribution is 2.18. The number of hydrogen-bond donors (Lipinski definition) is 2. The molecule has 2 amide bonds. The number of hydrogen-bond acceptors (Lipinski definition) is 4. The lowest BCUT2D eigenvalue weighted by atomic mass is 9.99. The summed E-state index contributed by atoms with van der Waals surface area (Å²) >= 11 is 0. The smallest absolute Gasteiger partial charge is 0.298 e. The maximum Gasteiger partial charge on any atom is 0.298 e. The van der Waals surface area contributed by atoms with Crippen LogP contribution in [0.15, 0.2) is 28.6 Å². The molecule has 2 N–H and O–H groups in total. The molecule has 0 aliphatic rings. The molecule has 1 aromatic rings. The lowest BCUT2D eigenvalue weighted by Gasteiger charge is -2.12. The van der Waals surface area contributed by atoms with Crippen LogP contribution >= 0.6 is 0 Å². The molecule has 7 heteroatoms. The van der Waals surface area contributed by atoms with E-state index in [-0.39, 0.29) is 18.1 Å². The van der Waals surface area contributed by atoms with Crippen molar-refractivity contribution >= 4 is 11.8 Å². The van der Waals surface area contributed by atoms with Gasteiger partial charge in [0, 0.05) is 17.3 Å². The van der Waals surface area contributed by atoms with Crippen LogP contribution in [0.1, 0.15) is 41.8 Å². The molecule has 108 valence electrons. The van der Waals surface area contributed by atoms with Crippen molar-refractivity contribution in [3.05, 3.63) is 34.9 Å². The molecule has 0 saturated carbocycles. The normalized spacial score (nSPS) is 10.7. The largest absolute Gasteiger partial charge is 0.394 e. The Morgan fingerprint density at radius 2 is 2.10 bits per heavy atom. The number of aryl methyl sites for hydroxylation is 1. The number of benzene rings is 1. The van der Waals surface area contributed by atoms with Crippen molar-refractivity contribution in [1.29, 1.82) is 0 Å². The third-order valence-electron chi connectivity index (χ3n) is 2.74. The highest BCUT2D eigenvalue weighted by molar-refractivity contribution is 5.96. The second-order valence-corrected chi connectivity index (χ2v) is 3.96. The SMILES string of the molecule is CCC(=O)NOCc1c(CC)cccc1C(=O)N=NO. The molecule has 0 atom stereocenters. The van der Waals surface area contributed by atoms with E-state index in [1.807, 2.05) is 13.0 Å².